The second-order valence-electron chi connectivity index (χ2n) is 4.58. The highest BCUT2D eigenvalue weighted by Gasteiger charge is 2.49. The fourth-order valence-electron chi connectivity index (χ4n) is 2.56. The van der Waals surface area contributed by atoms with Crippen LogP contribution in [0.15, 0.2) is 42.7 Å². The minimum atomic E-state index is -1.27. The van der Waals surface area contributed by atoms with Gasteiger partial charge in [0.2, 0.25) is 0 Å². The molecular weight excluding hydrogens is 256 g/mol. The first-order valence-corrected chi connectivity index (χ1v) is 6.49. The van der Waals surface area contributed by atoms with Crippen molar-refractivity contribution in [2.45, 2.75) is 24.9 Å². The Morgan fingerprint density at radius 1 is 1.40 bits per heavy atom. The number of benzene rings is 1. The highest BCUT2D eigenvalue weighted by Crippen LogP contribution is 2.37. The molecule has 0 aliphatic rings. The van der Waals surface area contributed by atoms with Gasteiger partial charge < -0.3 is 9.84 Å². The molecule has 0 saturated carbocycles. The molecule has 5 nitrogen and oxygen atoms in total. The Labute approximate surface area is 117 Å². The van der Waals surface area contributed by atoms with Crippen molar-refractivity contribution in [3.8, 4) is 0 Å². The summed E-state index contributed by atoms with van der Waals surface area (Å²) >= 11 is 0. The van der Waals surface area contributed by atoms with Crippen LogP contribution in [0.5, 0.6) is 0 Å². The van der Waals surface area contributed by atoms with Gasteiger partial charge in [-0.1, -0.05) is 37.3 Å². The van der Waals surface area contributed by atoms with Crippen molar-refractivity contribution in [2.24, 2.45) is 0 Å². The van der Waals surface area contributed by atoms with Crippen LogP contribution in [0.1, 0.15) is 24.5 Å². The molecule has 1 aromatic heterocycles. The van der Waals surface area contributed by atoms with Crippen molar-refractivity contribution in [2.75, 3.05) is 7.11 Å². The number of esters is 1. The van der Waals surface area contributed by atoms with E-state index in [1.807, 2.05) is 37.3 Å². The van der Waals surface area contributed by atoms with Gasteiger partial charge in [-0.3, -0.25) is 9.89 Å². The van der Waals surface area contributed by atoms with Gasteiger partial charge in [0.15, 0.2) is 0 Å². The predicted molar refractivity (Wildman–Crippen MR) is 74.1 cm³/mol. The number of aromatic nitrogens is 2. The van der Waals surface area contributed by atoms with Crippen molar-refractivity contribution in [3.63, 3.8) is 0 Å². The highest BCUT2D eigenvalue weighted by atomic mass is 16.5. The number of hydrogen-bond donors (Lipinski definition) is 2. The average molecular weight is 274 g/mol. The summed E-state index contributed by atoms with van der Waals surface area (Å²) in [6, 6.07) is 9.13. The van der Waals surface area contributed by atoms with E-state index in [1.165, 1.54) is 7.11 Å². The average Bonchev–Trinajstić information content (AvgIpc) is 3.03. The van der Waals surface area contributed by atoms with Crippen LogP contribution in [-0.4, -0.2) is 34.5 Å². The Hall–Kier alpha value is -2.14. The number of carbonyl (C=O) groups is 1. The largest absolute Gasteiger partial charge is 0.468 e. The van der Waals surface area contributed by atoms with E-state index in [2.05, 4.69) is 10.2 Å². The summed E-state index contributed by atoms with van der Waals surface area (Å²) in [4.78, 5) is 12.5. The third-order valence-corrected chi connectivity index (χ3v) is 3.58. The third-order valence-electron chi connectivity index (χ3n) is 3.58. The molecule has 0 radical (unpaired) electrons. The summed E-state index contributed by atoms with van der Waals surface area (Å²) in [6.45, 7) is 1.82. The quantitative estimate of drug-likeness (QED) is 0.813. The number of rotatable bonds is 5. The van der Waals surface area contributed by atoms with Crippen LogP contribution in [0.25, 0.3) is 0 Å². The van der Waals surface area contributed by atoms with E-state index in [4.69, 9.17) is 4.74 Å². The van der Waals surface area contributed by atoms with E-state index in [0.717, 1.165) is 0 Å². The highest BCUT2D eigenvalue weighted by molar-refractivity contribution is 5.88. The molecule has 5 heteroatoms. The first-order valence-electron chi connectivity index (χ1n) is 6.49. The van der Waals surface area contributed by atoms with Gasteiger partial charge in [0.05, 0.1) is 19.4 Å². The normalized spacial score (nSPS) is 15.3. The van der Waals surface area contributed by atoms with Crippen molar-refractivity contribution >= 4 is 5.97 Å². The number of nitrogens with one attached hydrogen (secondary N) is 1. The molecule has 1 aromatic carbocycles. The third kappa shape index (κ3) is 2.10. The molecule has 2 N–H and O–H groups in total. The van der Waals surface area contributed by atoms with E-state index in [9.17, 15) is 9.90 Å². The van der Waals surface area contributed by atoms with Crippen LogP contribution in [0.2, 0.25) is 0 Å². The van der Waals surface area contributed by atoms with Gasteiger partial charge in [-0.15, -0.1) is 0 Å². The van der Waals surface area contributed by atoms with E-state index >= 15 is 0 Å². The summed E-state index contributed by atoms with van der Waals surface area (Å²) < 4.78 is 4.98. The molecule has 0 bridgehead atoms. The maximum absolute atomic E-state index is 12.5. The first-order chi connectivity index (χ1) is 9.67. The van der Waals surface area contributed by atoms with Crippen LogP contribution in [0, 0.1) is 0 Å². The van der Waals surface area contributed by atoms with Crippen LogP contribution in [-0.2, 0) is 14.9 Å². The number of H-pyrrole nitrogens is 1. The number of hydrogen-bond acceptors (Lipinski definition) is 4. The number of aromatic amines is 1. The Kier molecular flexibility index (Phi) is 4.20. The van der Waals surface area contributed by atoms with Crippen molar-refractivity contribution in [1.29, 1.82) is 0 Å². The van der Waals surface area contributed by atoms with Gasteiger partial charge in [0.1, 0.15) is 5.41 Å². The molecule has 20 heavy (non-hydrogen) atoms. The maximum atomic E-state index is 12.5. The van der Waals surface area contributed by atoms with Crippen molar-refractivity contribution in [3.05, 3.63) is 53.9 Å². The monoisotopic (exact) mass is 274 g/mol. The fraction of sp³-hybridized carbons (Fsp3) is 0.333. The van der Waals surface area contributed by atoms with Gasteiger partial charge in [-0.05, 0) is 12.0 Å². The van der Waals surface area contributed by atoms with Crippen molar-refractivity contribution < 1.29 is 14.6 Å². The number of ether oxygens (including phenoxy) is 1. The van der Waals surface area contributed by atoms with Crippen LogP contribution >= 0.6 is 0 Å². The van der Waals surface area contributed by atoms with Crippen molar-refractivity contribution in [1.82, 2.24) is 10.2 Å². The second kappa shape index (κ2) is 5.88. The zero-order valence-electron chi connectivity index (χ0n) is 11.5. The Morgan fingerprint density at radius 2 is 2.10 bits per heavy atom. The molecule has 0 aliphatic carbocycles. The SMILES string of the molecule is CCC(O)C(C(=O)OC)(c1ccccc1)c1cn[nH]c1. The molecule has 2 atom stereocenters. The first kappa shape index (κ1) is 14.3. The molecule has 0 saturated heterocycles. The molecule has 0 amide bonds. The zero-order valence-corrected chi connectivity index (χ0v) is 11.5. The van der Waals surface area contributed by atoms with Gasteiger partial charge in [-0.25, -0.2) is 0 Å². The summed E-state index contributed by atoms with van der Waals surface area (Å²) in [6.07, 6.45) is 2.66. The standard InChI is InChI=1S/C15H18N2O3/c1-3-13(18)15(14(19)20-2,12-9-16-17-10-12)11-7-5-4-6-8-11/h4-10,13,18H,3H2,1-2H3,(H,16,17). The molecule has 0 spiro atoms. The van der Waals surface area contributed by atoms with Gasteiger partial charge >= 0.3 is 5.97 Å². The van der Waals surface area contributed by atoms with Gasteiger partial charge in [0, 0.05) is 11.8 Å². The summed E-state index contributed by atoms with van der Waals surface area (Å²) in [7, 11) is 1.32. The zero-order chi connectivity index (χ0) is 14.6. The molecule has 0 fully saturated rings. The lowest BCUT2D eigenvalue weighted by molar-refractivity contribution is -0.150. The lowest BCUT2D eigenvalue weighted by Crippen LogP contribution is -2.48. The molecule has 2 rings (SSSR count). The predicted octanol–water partition coefficient (Wildman–Crippen LogP) is 1.64. The number of carbonyl (C=O) groups excluding carboxylic acids is 1. The molecule has 106 valence electrons. The molecular formula is C15H18N2O3. The smallest absolute Gasteiger partial charge is 0.323 e. The Balaban J connectivity index is 2.71. The summed E-state index contributed by atoms with van der Waals surface area (Å²) in [5, 5.41) is 17.1. The number of methoxy groups -OCH3 is 1. The number of aliphatic hydroxyl groups excluding tert-OH is 1. The topological polar surface area (TPSA) is 75.2 Å². The van der Waals surface area contributed by atoms with Crippen LogP contribution in [0.4, 0.5) is 0 Å². The van der Waals surface area contributed by atoms with Crippen LogP contribution in [0.3, 0.4) is 0 Å². The Bertz CT molecular complexity index is 554. The van der Waals surface area contributed by atoms with E-state index < -0.39 is 17.5 Å². The molecule has 0 aliphatic heterocycles. The van der Waals surface area contributed by atoms with Crippen LogP contribution < -0.4 is 0 Å². The fourth-order valence-corrected chi connectivity index (χ4v) is 2.56. The van der Waals surface area contributed by atoms with E-state index in [1.54, 1.807) is 12.4 Å². The molecule has 1 heterocycles. The lowest BCUT2D eigenvalue weighted by Gasteiger charge is -2.34. The Morgan fingerprint density at radius 3 is 2.60 bits per heavy atom. The lowest BCUT2D eigenvalue weighted by atomic mass is 9.70. The summed E-state index contributed by atoms with van der Waals surface area (Å²) in [5.74, 6) is -0.501. The van der Waals surface area contributed by atoms with Gasteiger partial charge in [-0.2, -0.15) is 5.10 Å². The summed E-state index contributed by atoms with van der Waals surface area (Å²) in [5.41, 5.74) is 0.00472. The molecule has 2 aromatic rings. The van der Waals surface area contributed by atoms with Gasteiger partial charge in [0.25, 0.3) is 0 Å². The minimum absolute atomic E-state index is 0.412. The second-order valence-corrected chi connectivity index (χ2v) is 4.58. The maximum Gasteiger partial charge on any atom is 0.323 e. The van der Waals surface area contributed by atoms with E-state index in [-0.39, 0.29) is 0 Å². The molecule has 2 unspecified atom stereocenters. The number of nitrogens with zero attached hydrogens (tertiary/aromatic N) is 1. The number of aliphatic hydroxyl groups is 1. The van der Waals surface area contributed by atoms with E-state index in [0.29, 0.717) is 17.5 Å². The minimum Gasteiger partial charge on any atom is -0.468 e.